The molecule has 3 heterocycles. The molecule has 3 aliphatic heterocycles. The fourth-order valence-electron chi connectivity index (χ4n) is 2.08. The molecule has 0 saturated carbocycles. The maximum absolute atomic E-state index is 5.27. The van der Waals surface area contributed by atoms with Crippen molar-refractivity contribution in [3.05, 3.63) is 12.4 Å². The zero-order valence-corrected chi connectivity index (χ0v) is 8.56. The number of hydrogen-bond donors (Lipinski definition) is 0. The summed E-state index contributed by atoms with van der Waals surface area (Å²) in [5.74, 6) is 0. The molecule has 0 aromatic carbocycles. The van der Waals surface area contributed by atoms with Crippen molar-refractivity contribution in [3.63, 3.8) is 0 Å². The summed E-state index contributed by atoms with van der Waals surface area (Å²) < 4.78 is 11.5. The minimum atomic E-state index is 0.489. The lowest BCUT2D eigenvalue weighted by atomic mass is 10.4. The van der Waals surface area contributed by atoms with E-state index in [1.54, 1.807) is 0 Å². The van der Waals surface area contributed by atoms with E-state index in [-0.39, 0.29) is 0 Å². The second kappa shape index (κ2) is 2.95. The van der Waals surface area contributed by atoms with E-state index in [2.05, 4.69) is 24.3 Å². The molecule has 2 fully saturated rings. The number of hydrogen-bond acceptors (Lipinski definition) is 3. The Labute approximate surface area is 84.3 Å². The van der Waals surface area contributed by atoms with Gasteiger partial charge in [0.25, 0.3) is 0 Å². The van der Waals surface area contributed by atoms with Crippen molar-refractivity contribution in [3.8, 4) is 0 Å². The summed E-state index contributed by atoms with van der Waals surface area (Å²) in [6.45, 7) is 5.13. The maximum atomic E-state index is 5.27. The third kappa shape index (κ3) is 1.92. The van der Waals surface area contributed by atoms with Gasteiger partial charge >= 0.3 is 0 Å². The molecule has 0 amide bonds. The summed E-state index contributed by atoms with van der Waals surface area (Å²) in [6, 6.07) is 0. The quantitative estimate of drug-likeness (QED) is 0.468. The number of rotatable bonds is 4. The normalized spacial score (nSPS) is 44.5. The van der Waals surface area contributed by atoms with Crippen LogP contribution in [0.4, 0.5) is 0 Å². The molecule has 2 saturated heterocycles. The average Bonchev–Trinajstić information content (AvgIpc) is 2.98. The molecule has 4 nitrogen and oxygen atoms in total. The van der Waals surface area contributed by atoms with Crippen LogP contribution in [-0.4, -0.2) is 61.6 Å². The highest BCUT2D eigenvalue weighted by Crippen LogP contribution is 2.22. The van der Waals surface area contributed by atoms with Gasteiger partial charge in [-0.3, -0.25) is 4.48 Å². The van der Waals surface area contributed by atoms with Crippen molar-refractivity contribution in [1.82, 2.24) is 4.90 Å². The van der Waals surface area contributed by atoms with Gasteiger partial charge in [0, 0.05) is 0 Å². The number of quaternary nitrogens is 1. The Hall–Kier alpha value is -0.580. The highest BCUT2D eigenvalue weighted by Gasteiger charge is 2.37. The van der Waals surface area contributed by atoms with Crippen LogP contribution in [-0.2, 0) is 9.47 Å². The lowest BCUT2D eigenvalue weighted by Crippen LogP contribution is -2.44. The van der Waals surface area contributed by atoms with Crippen molar-refractivity contribution in [1.29, 1.82) is 0 Å². The molecule has 0 bridgehead atoms. The Morgan fingerprint density at radius 3 is 2.71 bits per heavy atom. The van der Waals surface area contributed by atoms with E-state index in [4.69, 9.17) is 9.47 Å². The van der Waals surface area contributed by atoms with E-state index in [0.717, 1.165) is 37.5 Å². The SMILES string of the molecule is C[N+]1(CC2CO2)C=CN(CC2CO2)C1. The largest absolute Gasteiger partial charge is 0.371 e. The van der Waals surface area contributed by atoms with Gasteiger partial charge < -0.3 is 14.4 Å². The molecular weight excluding hydrogens is 180 g/mol. The summed E-state index contributed by atoms with van der Waals surface area (Å²) in [5, 5.41) is 0. The third-order valence-corrected chi connectivity index (χ3v) is 3.01. The standard InChI is InChI=1S/C10H17N2O2/c1-12(5-10-7-14-10)3-2-11(8-12)4-9-6-13-9/h2-3,9-10H,4-8H2,1H3/q+1. The first-order chi connectivity index (χ1) is 6.73. The van der Waals surface area contributed by atoms with Crippen LogP contribution in [0.2, 0.25) is 0 Å². The van der Waals surface area contributed by atoms with Gasteiger partial charge in [-0.25, -0.2) is 0 Å². The van der Waals surface area contributed by atoms with Gasteiger partial charge in [-0.05, 0) is 0 Å². The van der Waals surface area contributed by atoms with Gasteiger partial charge in [0.05, 0.1) is 39.1 Å². The van der Waals surface area contributed by atoms with Gasteiger partial charge in [0.1, 0.15) is 18.8 Å². The van der Waals surface area contributed by atoms with E-state index < -0.39 is 0 Å². The van der Waals surface area contributed by atoms with E-state index >= 15 is 0 Å². The van der Waals surface area contributed by atoms with Crippen LogP contribution in [0.1, 0.15) is 0 Å². The highest BCUT2D eigenvalue weighted by atomic mass is 16.6. The van der Waals surface area contributed by atoms with Crippen molar-refractivity contribution < 1.29 is 14.0 Å². The maximum Gasteiger partial charge on any atom is 0.158 e. The molecule has 0 N–H and O–H groups in total. The number of epoxide rings is 2. The Morgan fingerprint density at radius 2 is 2.07 bits per heavy atom. The zero-order chi connectivity index (χ0) is 9.60. The minimum Gasteiger partial charge on any atom is -0.371 e. The molecule has 3 aliphatic rings. The minimum absolute atomic E-state index is 0.489. The zero-order valence-electron chi connectivity index (χ0n) is 8.56. The summed E-state index contributed by atoms with van der Waals surface area (Å²) in [4.78, 5) is 2.35. The smallest absolute Gasteiger partial charge is 0.158 e. The molecule has 4 heteroatoms. The van der Waals surface area contributed by atoms with Crippen LogP contribution in [0.3, 0.4) is 0 Å². The van der Waals surface area contributed by atoms with Crippen LogP contribution in [0.15, 0.2) is 12.4 Å². The van der Waals surface area contributed by atoms with Gasteiger partial charge in [0.15, 0.2) is 6.67 Å². The van der Waals surface area contributed by atoms with Crippen LogP contribution < -0.4 is 0 Å². The van der Waals surface area contributed by atoms with Crippen molar-refractivity contribution in [2.75, 3.05) is 40.0 Å². The molecular formula is C10H17N2O2+. The van der Waals surface area contributed by atoms with E-state index in [1.807, 2.05) is 0 Å². The van der Waals surface area contributed by atoms with Crippen LogP contribution >= 0.6 is 0 Å². The first kappa shape index (κ1) is 8.71. The van der Waals surface area contributed by atoms with Crippen LogP contribution in [0.25, 0.3) is 0 Å². The fraction of sp³-hybridized carbons (Fsp3) is 0.800. The molecule has 78 valence electrons. The van der Waals surface area contributed by atoms with E-state index in [1.165, 1.54) is 0 Å². The predicted molar refractivity (Wildman–Crippen MR) is 51.2 cm³/mol. The number of likely N-dealkylation sites (N-methyl/N-ethyl adjacent to an activating group) is 1. The summed E-state index contributed by atoms with van der Waals surface area (Å²) in [7, 11) is 2.26. The molecule has 0 radical (unpaired) electrons. The number of nitrogens with zero attached hydrogens (tertiary/aromatic N) is 2. The molecule has 14 heavy (non-hydrogen) atoms. The molecule has 0 aromatic heterocycles. The van der Waals surface area contributed by atoms with Crippen LogP contribution in [0.5, 0.6) is 0 Å². The monoisotopic (exact) mass is 197 g/mol. The third-order valence-electron chi connectivity index (χ3n) is 3.01. The van der Waals surface area contributed by atoms with Gasteiger partial charge in [-0.2, -0.15) is 0 Å². The van der Waals surface area contributed by atoms with E-state index in [0.29, 0.717) is 12.2 Å². The fourth-order valence-corrected chi connectivity index (χ4v) is 2.08. The molecule has 0 aliphatic carbocycles. The average molecular weight is 197 g/mol. The first-order valence-electron chi connectivity index (χ1n) is 5.24. The van der Waals surface area contributed by atoms with Crippen molar-refractivity contribution in [2.24, 2.45) is 0 Å². The molecule has 0 spiro atoms. The Bertz CT molecular complexity index is 261. The molecule has 3 atom stereocenters. The van der Waals surface area contributed by atoms with Gasteiger partial charge in [-0.15, -0.1) is 0 Å². The highest BCUT2D eigenvalue weighted by molar-refractivity contribution is 4.87. The summed E-state index contributed by atoms with van der Waals surface area (Å²) in [5.41, 5.74) is 0. The lowest BCUT2D eigenvalue weighted by molar-refractivity contribution is -0.862. The molecule has 3 unspecified atom stereocenters. The second-order valence-electron chi connectivity index (χ2n) is 4.78. The van der Waals surface area contributed by atoms with Gasteiger partial charge in [0.2, 0.25) is 0 Å². The van der Waals surface area contributed by atoms with Crippen molar-refractivity contribution in [2.45, 2.75) is 12.2 Å². The van der Waals surface area contributed by atoms with Crippen LogP contribution in [0, 0.1) is 0 Å². The molecule has 0 aromatic rings. The first-order valence-corrected chi connectivity index (χ1v) is 5.24. The predicted octanol–water partition coefficient (Wildman–Crippen LogP) is -0.0251. The van der Waals surface area contributed by atoms with E-state index in [9.17, 15) is 0 Å². The van der Waals surface area contributed by atoms with Gasteiger partial charge in [-0.1, -0.05) is 0 Å². The molecule has 3 rings (SSSR count). The van der Waals surface area contributed by atoms with Crippen molar-refractivity contribution >= 4 is 0 Å². The lowest BCUT2D eigenvalue weighted by Gasteiger charge is -2.27. The Balaban J connectivity index is 1.53. The summed E-state index contributed by atoms with van der Waals surface area (Å²) >= 11 is 0. The Morgan fingerprint density at radius 1 is 1.36 bits per heavy atom. The Kier molecular flexibility index (Phi) is 1.84. The summed E-state index contributed by atoms with van der Waals surface area (Å²) in [6.07, 6.45) is 5.46. The number of ether oxygens (including phenoxy) is 2. The topological polar surface area (TPSA) is 28.3 Å². The second-order valence-corrected chi connectivity index (χ2v) is 4.78.